The number of carbonyl (C=O) groups is 4. The Morgan fingerprint density at radius 1 is 0.938 bits per heavy atom. The van der Waals surface area contributed by atoms with E-state index < -0.39 is 57.0 Å². The average Bonchev–Trinajstić information content (AvgIpc) is 4.01. The van der Waals surface area contributed by atoms with Gasteiger partial charge in [0.1, 0.15) is 23.7 Å². The van der Waals surface area contributed by atoms with Gasteiger partial charge >= 0.3 is 10.2 Å². The number of imide groups is 1. The van der Waals surface area contributed by atoms with E-state index in [4.69, 9.17) is 4.74 Å². The molecular formula is C46H46F3N7O7S. The lowest BCUT2D eigenvalue weighted by Crippen LogP contribution is -2.52. The molecule has 3 fully saturated rings. The molecule has 0 aliphatic carbocycles. The summed E-state index contributed by atoms with van der Waals surface area (Å²) in [5, 5.41) is 2.66. The van der Waals surface area contributed by atoms with Crippen molar-refractivity contribution in [3.05, 3.63) is 113 Å². The number of H-pyrrole nitrogens is 1. The van der Waals surface area contributed by atoms with Gasteiger partial charge in [0.25, 0.3) is 5.91 Å². The van der Waals surface area contributed by atoms with Gasteiger partial charge in [0.15, 0.2) is 5.82 Å². The largest absolute Gasteiger partial charge is 0.381 e. The lowest BCUT2D eigenvalue weighted by Gasteiger charge is -2.33. The monoisotopic (exact) mass is 897 g/mol. The molecule has 5 aromatic rings. The summed E-state index contributed by atoms with van der Waals surface area (Å²) in [7, 11) is -4.36. The second kappa shape index (κ2) is 17.8. The number of aromatic nitrogens is 2. The number of alkyl halides is 1. The molecule has 4 aliphatic heterocycles. The molecule has 14 nitrogen and oxygen atoms in total. The Balaban J connectivity index is 0.759. The zero-order valence-corrected chi connectivity index (χ0v) is 35.6. The van der Waals surface area contributed by atoms with E-state index in [1.54, 1.807) is 17.2 Å². The summed E-state index contributed by atoms with van der Waals surface area (Å²) >= 11 is 0. The summed E-state index contributed by atoms with van der Waals surface area (Å²) in [6, 6.07) is 16.5. The Bertz CT molecular complexity index is 2760. The van der Waals surface area contributed by atoms with E-state index in [-0.39, 0.29) is 43.3 Å². The fraction of sp³-hybridized carbons (Fsp3) is 0.370. The SMILES string of the molecule is O=C1CCC(N2Cc3cc(CCCOCC4CCN(c5ccc(-c6cnc7[nH]cc(C(=O)c8c(F)ccc(NS(=O)(=O)N9CC[C@@H](F)C9)c8F)c7c6)cc5)CC4)ccc3C2=O)C(=O)N1. The van der Waals surface area contributed by atoms with Crippen LogP contribution < -0.4 is 14.9 Å². The molecule has 0 spiro atoms. The summed E-state index contributed by atoms with van der Waals surface area (Å²) in [6.45, 7) is 2.90. The van der Waals surface area contributed by atoms with Gasteiger partial charge in [0.2, 0.25) is 17.6 Å². The highest BCUT2D eigenvalue weighted by Gasteiger charge is 2.39. The molecule has 3 N–H and O–H groups in total. The number of carbonyl (C=O) groups excluding carboxylic acids is 4. The number of halogens is 3. The van der Waals surface area contributed by atoms with Crippen molar-refractivity contribution in [2.45, 2.75) is 63.7 Å². The minimum absolute atomic E-state index is 0.00159. The van der Waals surface area contributed by atoms with Crippen molar-refractivity contribution in [1.82, 2.24) is 24.5 Å². The van der Waals surface area contributed by atoms with Crippen LogP contribution in [-0.2, 0) is 37.5 Å². The number of anilines is 2. The van der Waals surface area contributed by atoms with Crippen LogP contribution in [0.3, 0.4) is 0 Å². The van der Waals surface area contributed by atoms with Crippen LogP contribution in [0.1, 0.15) is 75.9 Å². The number of piperidine rings is 2. The highest BCUT2D eigenvalue weighted by Crippen LogP contribution is 2.33. The van der Waals surface area contributed by atoms with Crippen LogP contribution >= 0.6 is 0 Å². The van der Waals surface area contributed by atoms with Gasteiger partial charge in [-0.1, -0.05) is 24.3 Å². The van der Waals surface area contributed by atoms with Gasteiger partial charge in [-0.25, -0.2) is 18.2 Å². The molecular weight excluding hydrogens is 852 g/mol. The van der Waals surface area contributed by atoms with Gasteiger partial charge in [-0.15, -0.1) is 0 Å². The van der Waals surface area contributed by atoms with Crippen molar-refractivity contribution in [3.63, 3.8) is 0 Å². The molecule has 334 valence electrons. The number of nitrogens with one attached hydrogen (secondary N) is 3. The Labute approximate surface area is 367 Å². The van der Waals surface area contributed by atoms with Crippen molar-refractivity contribution >= 4 is 56.1 Å². The van der Waals surface area contributed by atoms with Crippen LogP contribution in [0.5, 0.6) is 0 Å². The minimum Gasteiger partial charge on any atom is -0.381 e. The van der Waals surface area contributed by atoms with Crippen molar-refractivity contribution in [2.75, 3.05) is 49.0 Å². The minimum atomic E-state index is -4.36. The van der Waals surface area contributed by atoms with E-state index in [9.17, 15) is 32.0 Å². The molecule has 0 saturated carbocycles. The zero-order valence-electron chi connectivity index (χ0n) is 34.7. The van der Waals surface area contributed by atoms with E-state index in [1.165, 1.54) is 6.20 Å². The summed E-state index contributed by atoms with van der Waals surface area (Å²) in [6.07, 6.45) is 5.74. The van der Waals surface area contributed by atoms with Crippen LogP contribution in [-0.4, -0.2) is 103 Å². The Kier molecular flexibility index (Phi) is 12.0. The smallest absolute Gasteiger partial charge is 0.301 e. The fourth-order valence-electron chi connectivity index (χ4n) is 9.07. The summed E-state index contributed by atoms with van der Waals surface area (Å²) in [5.41, 5.74) is 3.86. The maximum atomic E-state index is 15.7. The Morgan fingerprint density at radius 2 is 1.73 bits per heavy atom. The molecule has 18 heteroatoms. The molecule has 3 saturated heterocycles. The lowest BCUT2D eigenvalue weighted by molar-refractivity contribution is -0.136. The molecule has 4 aliphatic rings. The van der Waals surface area contributed by atoms with Crippen molar-refractivity contribution in [1.29, 1.82) is 0 Å². The van der Waals surface area contributed by atoms with Crippen LogP contribution in [0.4, 0.5) is 24.5 Å². The number of ketones is 1. The first-order valence-electron chi connectivity index (χ1n) is 21.4. The molecule has 1 unspecified atom stereocenters. The number of hydrogen-bond donors (Lipinski definition) is 3. The molecule has 6 heterocycles. The number of amides is 3. The Morgan fingerprint density at radius 3 is 2.48 bits per heavy atom. The number of aromatic amines is 1. The summed E-state index contributed by atoms with van der Waals surface area (Å²) < 4.78 is 79.1. The normalized spacial score (nSPS) is 19.7. The number of fused-ring (bicyclic) bond motifs is 2. The topological polar surface area (TPSA) is 174 Å². The highest BCUT2D eigenvalue weighted by atomic mass is 32.2. The number of pyridine rings is 1. The number of benzene rings is 3. The third-order valence-electron chi connectivity index (χ3n) is 12.6. The summed E-state index contributed by atoms with van der Waals surface area (Å²) in [5.74, 6) is -4.03. The maximum Gasteiger partial charge on any atom is 0.301 e. The van der Waals surface area contributed by atoms with Gasteiger partial charge in [0.05, 0.1) is 11.3 Å². The van der Waals surface area contributed by atoms with Crippen LogP contribution in [0.25, 0.3) is 22.2 Å². The van der Waals surface area contributed by atoms with Gasteiger partial charge in [0, 0.05) is 92.5 Å². The first-order chi connectivity index (χ1) is 30.8. The predicted molar refractivity (Wildman–Crippen MR) is 232 cm³/mol. The second-order valence-corrected chi connectivity index (χ2v) is 18.5. The average molecular weight is 898 g/mol. The van der Waals surface area contributed by atoms with E-state index in [0.29, 0.717) is 54.3 Å². The lowest BCUT2D eigenvalue weighted by atomic mass is 9.97. The van der Waals surface area contributed by atoms with E-state index in [2.05, 4.69) is 20.2 Å². The van der Waals surface area contributed by atoms with E-state index in [1.807, 2.05) is 47.2 Å². The second-order valence-electron chi connectivity index (χ2n) is 16.8. The quantitative estimate of drug-likeness (QED) is 0.0680. The van der Waals surface area contributed by atoms with Crippen molar-refractivity contribution in [3.8, 4) is 11.1 Å². The third-order valence-corrected chi connectivity index (χ3v) is 14.1. The highest BCUT2D eigenvalue weighted by molar-refractivity contribution is 7.90. The molecule has 0 radical (unpaired) electrons. The van der Waals surface area contributed by atoms with Crippen molar-refractivity contribution in [2.24, 2.45) is 5.92 Å². The number of ether oxygens (including phenoxy) is 1. The standard InChI is InChI=1S/C46H46F3N7O7S/c47-32-15-18-55(25-32)64(61,62)53-38-10-9-37(48)41(42(38)49)43(58)36-23-51-44-35(36)21-30(22-50-44)29-4-6-33(7-5-29)54-16-13-28(14-17-54)26-63-19-1-2-27-3-8-34-31(20-27)24-56(46(34)60)39-11-12-40(57)52-45(39)59/h3-10,20-23,28,32,39,53H,1-2,11-19,24-26H2,(H,50,51)(H,52,57,59)/t32-,39?/m1/s1. The van der Waals surface area contributed by atoms with Gasteiger partial charge in [-0.3, -0.25) is 29.2 Å². The first kappa shape index (κ1) is 43.2. The Hall–Kier alpha value is -6.11. The zero-order chi connectivity index (χ0) is 44.7. The molecule has 0 bridgehead atoms. The predicted octanol–water partition coefficient (Wildman–Crippen LogP) is 6.07. The fourth-order valence-corrected chi connectivity index (χ4v) is 10.3. The number of hydrogen-bond acceptors (Lipinski definition) is 9. The summed E-state index contributed by atoms with van der Waals surface area (Å²) in [4.78, 5) is 61.9. The molecule has 2 aromatic heterocycles. The van der Waals surface area contributed by atoms with E-state index >= 15 is 8.78 Å². The van der Waals surface area contributed by atoms with Crippen LogP contribution in [0, 0.1) is 17.6 Å². The van der Waals surface area contributed by atoms with Gasteiger partial charge < -0.3 is 19.5 Å². The number of aryl methyl sites for hydroxylation is 1. The maximum absolute atomic E-state index is 15.7. The number of nitrogens with zero attached hydrogens (tertiary/aromatic N) is 4. The molecule has 9 rings (SSSR count). The number of rotatable bonds is 14. The van der Waals surface area contributed by atoms with Crippen LogP contribution in [0.15, 0.2) is 73.1 Å². The molecule has 3 aromatic carbocycles. The van der Waals surface area contributed by atoms with Crippen LogP contribution in [0.2, 0.25) is 0 Å². The van der Waals surface area contributed by atoms with Gasteiger partial charge in [-0.05, 0) is 97.5 Å². The van der Waals surface area contributed by atoms with Gasteiger partial charge in [-0.2, -0.15) is 12.7 Å². The molecule has 64 heavy (non-hydrogen) atoms. The first-order valence-corrected chi connectivity index (χ1v) is 22.9. The van der Waals surface area contributed by atoms with Crippen molar-refractivity contribution < 1.29 is 45.5 Å². The molecule has 3 amide bonds. The third kappa shape index (κ3) is 8.73. The van der Waals surface area contributed by atoms with E-state index in [0.717, 1.165) is 77.6 Å². The molecule has 2 atom stereocenters.